The second-order valence-electron chi connectivity index (χ2n) is 4.97. The van der Waals surface area contributed by atoms with E-state index in [1.165, 1.54) is 4.90 Å². The third-order valence-electron chi connectivity index (χ3n) is 3.61. The van der Waals surface area contributed by atoms with E-state index in [-0.39, 0.29) is 18.5 Å². The number of nitrogens with one attached hydrogen (secondary N) is 1. The summed E-state index contributed by atoms with van der Waals surface area (Å²) in [5, 5.41) is 20.2. The number of benzene rings is 1. The fraction of sp³-hybridized carbons (Fsp3) is 0.286. The summed E-state index contributed by atoms with van der Waals surface area (Å²) in [6.07, 6.45) is -0.546. The standard InChI is InChI=1S/C14H14N2O4/c17-9-6-11(14(19)20)16(7-9)12-5-8-3-1-2-4-10(8)13(18)15-12/h1-5,9,11,17H,6-7H2,(H,15,18)(H,19,20). The van der Waals surface area contributed by atoms with E-state index < -0.39 is 18.1 Å². The molecule has 1 aromatic carbocycles. The van der Waals surface area contributed by atoms with Gasteiger partial charge in [-0.3, -0.25) is 4.79 Å². The highest BCUT2D eigenvalue weighted by molar-refractivity contribution is 5.85. The lowest BCUT2D eigenvalue weighted by molar-refractivity contribution is -0.138. The minimum absolute atomic E-state index is 0.157. The van der Waals surface area contributed by atoms with Gasteiger partial charge >= 0.3 is 5.97 Å². The number of aliphatic hydroxyl groups excluding tert-OH is 1. The van der Waals surface area contributed by atoms with E-state index in [0.29, 0.717) is 11.2 Å². The molecule has 0 spiro atoms. The first-order valence-corrected chi connectivity index (χ1v) is 6.36. The van der Waals surface area contributed by atoms with Crippen LogP contribution >= 0.6 is 0 Å². The maximum atomic E-state index is 12.0. The van der Waals surface area contributed by atoms with Gasteiger partial charge in [0.05, 0.1) is 6.10 Å². The molecule has 0 radical (unpaired) electrons. The third-order valence-corrected chi connectivity index (χ3v) is 3.61. The number of hydrogen-bond donors (Lipinski definition) is 3. The average molecular weight is 274 g/mol. The van der Waals surface area contributed by atoms with Crippen LogP contribution < -0.4 is 10.5 Å². The number of aliphatic carboxylic acids is 1. The molecule has 3 N–H and O–H groups in total. The number of rotatable bonds is 2. The summed E-state index contributed by atoms with van der Waals surface area (Å²) in [5.41, 5.74) is -0.261. The van der Waals surface area contributed by atoms with Crippen molar-refractivity contribution in [3.05, 3.63) is 40.7 Å². The van der Waals surface area contributed by atoms with E-state index in [4.69, 9.17) is 0 Å². The molecule has 1 aliphatic rings. The van der Waals surface area contributed by atoms with Gasteiger partial charge in [-0.1, -0.05) is 18.2 Å². The molecule has 1 saturated heterocycles. The fourth-order valence-electron chi connectivity index (χ4n) is 2.67. The number of aromatic amines is 1. The summed E-state index contributed by atoms with van der Waals surface area (Å²) in [6, 6.07) is 8.03. The Bertz CT molecular complexity index is 724. The maximum Gasteiger partial charge on any atom is 0.326 e. The van der Waals surface area contributed by atoms with E-state index in [0.717, 1.165) is 5.39 Å². The second-order valence-corrected chi connectivity index (χ2v) is 4.97. The Morgan fingerprint density at radius 1 is 1.35 bits per heavy atom. The Morgan fingerprint density at radius 3 is 2.85 bits per heavy atom. The lowest BCUT2D eigenvalue weighted by Crippen LogP contribution is -2.37. The van der Waals surface area contributed by atoms with Gasteiger partial charge in [-0.15, -0.1) is 0 Å². The van der Waals surface area contributed by atoms with E-state index in [1.54, 1.807) is 24.3 Å². The van der Waals surface area contributed by atoms with Crippen molar-refractivity contribution in [1.29, 1.82) is 0 Å². The number of aromatic nitrogens is 1. The highest BCUT2D eigenvalue weighted by Gasteiger charge is 2.36. The summed E-state index contributed by atoms with van der Waals surface area (Å²) in [6.45, 7) is 0.200. The van der Waals surface area contributed by atoms with Gasteiger partial charge in [0.25, 0.3) is 5.56 Å². The molecule has 1 aromatic heterocycles. The van der Waals surface area contributed by atoms with Crippen molar-refractivity contribution < 1.29 is 15.0 Å². The van der Waals surface area contributed by atoms with Gasteiger partial charge in [-0.2, -0.15) is 0 Å². The Kier molecular flexibility index (Phi) is 2.94. The lowest BCUT2D eigenvalue weighted by atomic mass is 10.1. The Labute approximate surface area is 114 Å². The fourth-order valence-corrected chi connectivity index (χ4v) is 2.67. The molecule has 0 amide bonds. The van der Waals surface area contributed by atoms with E-state index >= 15 is 0 Å². The zero-order valence-electron chi connectivity index (χ0n) is 10.6. The Balaban J connectivity index is 2.10. The zero-order chi connectivity index (χ0) is 14.3. The van der Waals surface area contributed by atoms with Crippen molar-refractivity contribution >= 4 is 22.6 Å². The van der Waals surface area contributed by atoms with Crippen LogP contribution in [-0.4, -0.2) is 39.9 Å². The molecule has 2 aromatic rings. The molecular weight excluding hydrogens is 260 g/mol. The number of nitrogens with zero attached hydrogens (tertiary/aromatic N) is 1. The number of H-pyrrole nitrogens is 1. The second kappa shape index (κ2) is 4.64. The van der Waals surface area contributed by atoms with Crippen molar-refractivity contribution in [2.24, 2.45) is 0 Å². The first-order chi connectivity index (χ1) is 9.56. The smallest absolute Gasteiger partial charge is 0.326 e. The molecule has 0 aliphatic carbocycles. The van der Waals surface area contributed by atoms with Crippen LogP contribution in [0, 0.1) is 0 Å². The molecule has 20 heavy (non-hydrogen) atoms. The predicted octanol–water partition coefficient (Wildman–Crippen LogP) is 0.552. The number of carboxylic acids is 1. The van der Waals surface area contributed by atoms with E-state index in [1.807, 2.05) is 6.07 Å². The SMILES string of the molecule is O=C(O)C1CC(O)CN1c1cc2ccccc2c(=O)[nH]1. The number of aliphatic hydroxyl groups is 1. The molecule has 2 heterocycles. The van der Waals surface area contributed by atoms with E-state index in [2.05, 4.69) is 4.98 Å². The quantitative estimate of drug-likeness (QED) is 0.743. The van der Waals surface area contributed by atoms with Crippen LogP contribution in [0.1, 0.15) is 6.42 Å². The van der Waals surface area contributed by atoms with E-state index in [9.17, 15) is 19.8 Å². The molecule has 0 bridgehead atoms. The largest absolute Gasteiger partial charge is 0.480 e. The highest BCUT2D eigenvalue weighted by Crippen LogP contribution is 2.25. The van der Waals surface area contributed by atoms with Crippen molar-refractivity contribution in [3.63, 3.8) is 0 Å². The molecule has 3 rings (SSSR count). The van der Waals surface area contributed by atoms with Gasteiger partial charge in [0, 0.05) is 18.4 Å². The number of pyridine rings is 1. The topological polar surface area (TPSA) is 93.6 Å². The van der Waals surface area contributed by atoms with Crippen LogP contribution in [0.4, 0.5) is 5.82 Å². The van der Waals surface area contributed by atoms with Gasteiger partial charge in [-0.25, -0.2) is 4.79 Å². The highest BCUT2D eigenvalue weighted by atomic mass is 16.4. The molecule has 6 heteroatoms. The summed E-state index contributed by atoms with van der Waals surface area (Å²) in [5.74, 6) is -0.576. The zero-order valence-corrected chi connectivity index (χ0v) is 10.6. The molecule has 2 atom stereocenters. The summed E-state index contributed by atoms with van der Waals surface area (Å²) in [7, 11) is 0. The Morgan fingerprint density at radius 2 is 2.10 bits per heavy atom. The molecule has 6 nitrogen and oxygen atoms in total. The number of fused-ring (bicyclic) bond motifs is 1. The Hall–Kier alpha value is -2.34. The predicted molar refractivity (Wildman–Crippen MR) is 74.0 cm³/mol. The van der Waals surface area contributed by atoms with Crippen molar-refractivity contribution in [1.82, 2.24) is 4.98 Å². The molecule has 2 unspecified atom stereocenters. The summed E-state index contributed by atoms with van der Waals surface area (Å²) in [4.78, 5) is 27.5. The first kappa shape index (κ1) is 12.7. The van der Waals surface area contributed by atoms with Gasteiger partial charge in [0.15, 0.2) is 0 Å². The third kappa shape index (κ3) is 2.04. The molecule has 1 fully saturated rings. The van der Waals surface area contributed by atoms with Crippen molar-refractivity contribution in [2.75, 3.05) is 11.4 Å². The number of anilines is 1. The monoisotopic (exact) mass is 274 g/mol. The molecule has 1 aliphatic heterocycles. The van der Waals surface area contributed by atoms with Crippen LogP contribution in [0.2, 0.25) is 0 Å². The lowest BCUT2D eigenvalue weighted by Gasteiger charge is -2.23. The number of carbonyl (C=O) groups is 1. The minimum atomic E-state index is -1.00. The van der Waals surface area contributed by atoms with Crippen molar-refractivity contribution in [3.8, 4) is 0 Å². The van der Waals surface area contributed by atoms with Gasteiger partial charge in [-0.05, 0) is 17.5 Å². The van der Waals surface area contributed by atoms with Crippen LogP contribution in [0.5, 0.6) is 0 Å². The van der Waals surface area contributed by atoms with Gasteiger partial charge in [0.1, 0.15) is 11.9 Å². The summed E-state index contributed by atoms with van der Waals surface area (Å²) >= 11 is 0. The van der Waals surface area contributed by atoms with Crippen LogP contribution in [0.15, 0.2) is 35.1 Å². The first-order valence-electron chi connectivity index (χ1n) is 6.36. The number of hydrogen-bond acceptors (Lipinski definition) is 4. The maximum absolute atomic E-state index is 12.0. The van der Waals surface area contributed by atoms with Crippen LogP contribution in [-0.2, 0) is 4.79 Å². The van der Waals surface area contributed by atoms with Gasteiger partial charge in [0.2, 0.25) is 0 Å². The minimum Gasteiger partial charge on any atom is -0.480 e. The summed E-state index contributed by atoms with van der Waals surface area (Å²) < 4.78 is 0. The molecule has 0 saturated carbocycles. The number of carboxylic acid groups (broad SMARTS) is 1. The number of β-amino-alcohol motifs (C(OH)–C–C–N with tert-alkyl or cyclic N) is 1. The average Bonchev–Trinajstić information content (AvgIpc) is 2.81. The normalized spacial score (nSPS) is 22.4. The van der Waals surface area contributed by atoms with Crippen LogP contribution in [0.3, 0.4) is 0 Å². The van der Waals surface area contributed by atoms with Crippen molar-refractivity contribution in [2.45, 2.75) is 18.6 Å². The van der Waals surface area contributed by atoms with Crippen LogP contribution in [0.25, 0.3) is 10.8 Å². The molecule has 104 valence electrons. The van der Waals surface area contributed by atoms with Gasteiger partial charge < -0.3 is 20.1 Å². The molecular formula is C14H14N2O4.